The van der Waals surface area contributed by atoms with Crippen molar-refractivity contribution in [3.05, 3.63) is 58.6 Å². The molecular weight excluding hydrogens is 432 g/mol. The fourth-order valence-corrected chi connectivity index (χ4v) is 3.18. The van der Waals surface area contributed by atoms with Crippen LogP contribution in [0.1, 0.15) is 5.56 Å². The molecule has 1 aliphatic heterocycles. The molecule has 0 spiro atoms. The van der Waals surface area contributed by atoms with Crippen molar-refractivity contribution in [1.82, 2.24) is 5.32 Å². The van der Waals surface area contributed by atoms with Crippen molar-refractivity contribution >= 4 is 58.5 Å². The van der Waals surface area contributed by atoms with E-state index in [1.165, 1.54) is 30.2 Å². The third-order valence-corrected chi connectivity index (χ3v) is 4.63. The highest BCUT2D eigenvalue weighted by molar-refractivity contribution is 7.80. The number of carboxylic acids is 1. The Morgan fingerprint density at radius 2 is 1.93 bits per heavy atom. The van der Waals surface area contributed by atoms with Crippen molar-refractivity contribution in [2.75, 3.05) is 18.6 Å². The highest BCUT2D eigenvalue weighted by Gasteiger charge is 2.34. The van der Waals surface area contributed by atoms with Gasteiger partial charge in [-0.1, -0.05) is 17.7 Å². The zero-order valence-electron chi connectivity index (χ0n) is 15.5. The topological polar surface area (TPSA) is 105 Å². The molecule has 1 fully saturated rings. The second-order valence-corrected chi connectivity index (χ2v) is 6.82. The lowest BCUT2D eigenvalue weighted by Crippen LogP contribution is -2.54. The number of thiocarbonyl (C=S) groups is 1. The summed E-state index contributed by atoms with van der Waals surface area (Å²) in [5.74, 6) is -1.61. The quantitative estimate of drug-likeness (QED) is 0.399. The molecule has 2 N–H and O–H groups in total. The molecule has 30 heavy (non-hydrogen) atoms. The summed E-state index contributed by atoms with van der Waals surface area (Å²) in [6, 6.07) is 11.1. The number of hydrogen-bond donors (Lipinski definition) is 2. The second-order valence-electron chi connectivity index (χ2n) is 6.03. The number of anilines is 1. The Morgan fingerprint density at radius 3 is 2.53 bits per heavy atom. The predicted octanol–water partition coefficient (Wildman–Crippen LogP) is 2.64. The van der Waals surface area contributed by atoms with Crippen LogP contribution in [0.15, 0.2) is 48.0 Å². The van der Waals surface area contributed by atoms with Crippen LogP contribution in [0, 0.1) is 0 Å². The predicted molar refractivity (Wildman–Crippen MR) is 114 cm³/mol. The number of nitrogens with one attached hydrogen (secondary N) is 1. The smallest absolute Gasteiger partial charge is 0.341 e. The summed E-state index contributed by atoms with van der Waals surface area (Å²) in [6.45, 7) is -0.546. The Hall–Kier alpha value is -3.43. The molecule has 0 unspecified atom stereocenters. The van der Waals surface area contributed by atoms with Gasteiger partial charge in [-0.25, -0.2) is 4.79 Å². The first-order valence-electron chi connectivity index (χ1n) is 8.50. The number of amides is 2. The minimum atomic E-state index is -1.14. The second kappa shape index (κ2) is 8.93. The molecule has 2 aromatic rings. The highest BCUT2D eigenvalue weighted by Crippen LogP contribution is 2.28. The Morgan fingerprint density at radius 1 is 1.23 bits per heavy atom. The van der Waals surface area contributed by atoms with Gasteiger partial charge in [0.2, 0.25) is 0 Å². The standard InChI is InChI=1S/C20H15ClN2O6S/c1-28-13-5-3-12(4-6-13)23-19(27)14(18(26)22-20(23)30)8-11-2-7-16(15(21)9-11)29-10-17(24)25/h2-9H,10H2,1H3,(H,24,25)(H,22,26,30). The number of carbonyl (C=O) groups is 3. The minimum absolute atomic E-state index is 0.0391. The monoisotopic (exact) mass is 446 g/mol. The fourth-order valence-electron chi connectivity index (χ4n) is 2.65. The molecule has 10 heteroatoms. The number of ether oxygens (including phenoxy) is 2. The van der Waals surface area contributed by atoms with Crippen LogP contribution in [0.4, 0.5) is 5.69 Å². The molecule has 1 heterocycles. The van der Waals surface area contributed by atoms with E-state index < -0.39 is 24.4 Å². The minimum Gasteiger partial charge on any atom is -0.497 e. The lowest BCUT2D eigenvalue weighted by Gasteiger charge is -2.29. The van der Waals surface area contributed by atoms with Crippen LogP contribution in [0.5, 0.6) is 11.5 Å². The van der Waals surface area contributed by atoms with Gasteiger partial charge in [-0.3, -0.25) is 19.8 Å². The van der Waals surface area contributed by atoms with Gasteiger partial charge in [0.05, 0.1) is 17.8 Å². The molecule has 154 valence electrons. The molecule has 0 radical (unpaired) electrons. The Kier molecular flexibility index (Phi) is 6.34. The summed E-state index contributed by atoms with van der Waals surface area (Å²) in [5.41, 5.74) is 0.769. The van der Waals surface area contributed by atoms with Crippen LogP contribution in [0.3, 0.4) is 0 Å². The van der Waals surface area contributed by atoms with Crippen LogP contribution < -0.4 is 19.7 Å². The van der Waals surface area contributed by atoms with Crippen LogP contribution in [0.25, 0.3) is 6.08 Å². The van der Waals surface area contributed by atoms with Gasteiger partial charge < -0.3 is 14.6 Å². The third kappa shape index (κ3) is 4.58. The van der Waals surface area contributed by atoms with E-state index in [4.69, 9.17) is 38.4 Å². The SMILES string of the molecule is COc1ccc(N2C(=O)C(=Cc3ccc(OCC(=O)O)c(Cl)c3)C(=O)NC2=S)cc1. The summed E-state index contributed by atoms with van der Waals surface area (Å²) in [6.07, 6.45) is 1.36. The van der Waals surface area contributed by atoms with Crippen molar-refractivity contribution in [2.45, 2.75) is 0 Å². The molecule has 1 saturated heterocycles. The van der Waals surface area contributed by atoms with Crippen LogP contribution in [-0.2, 0) is 14.4 Å². The molecule has 1 aliphatic rings. The molecule has 0 bridgehead atoms. The molecule has 0 saturated carbocycles. The number of carbonyl (C=O) groups excluding carboxylic acids is 2. The van der Waals surface area contributed by atoms with Crippen molar-refractivity contribution in [3.8, 4) is 11.5 Å². The molecule has 0 aromatic heterocycles. The number of aliphatic carboxylic acids is 1. The van der Waals surface area contributed by atoms with Gasteiger partial charge in [0.15, 0.2) is 11.7 Å². The molecule has 2 aromatic carbocycles. The number of nitrogens with zero attached hydrogens (tertiary/aromatic N) is 1. The lowest BCUT2D eigenvalue weighted by atomic mass is 10.1. The van der Waals surface area contributed by atoms with Gasteiger partial charge in [-0.15, -0.1) is 0 Å². The number of hydrogen-bond acceptors (Lipinski definition) is 6. The normalized spacial score (nSPS) is 15.2. The van der Waals surface area contributed by atoms with Crippen molar-refractivity contribution in [2.24, 2.45) is 0 Å². The summed E-state index contributed by atoms with van der Waals surface area (Å²) in [4.78, 5) is 37.2. The summed E-state index contributed by atoms with van der Waals surface area (Å²) >= 11 is 11.3. The zero-order valence-corrected chi connectivity index (χ0v) is 17.1. The van der Waals surface area contributed by atoms with Gasteiger partial charge in [0.1, 0.15) is 17.1 Å². The molecular formula is C20H15ClN2O6S. The van der Waals surface area contributed by atoms with E-state index in [-0.39, 0.29) is 21.5 Å². The number of halogens is 1. The largest absolute Gasteiger partial charge is 0.497 e. The van der Waals surface area contributed by atoms with Crippen LogP contribution in [0.2, 0.25) is 5.02 Å². The first kappa shape index (κ1) is 21.3. The van der Waals surface area contributed by atoms with E-state index in [1.807, 2.05) is 0 Å². The molecule has 2 amide bonds. The maximum Gasteiger partial charge on any atom is 0.341 e. The summed E-state index contributed by atoms with van der Waals surface area (Å²) in [5, 5.41) is 11.3. The van der Waals surface area contributed by atoms with Gasteiger partial charge in [-0.2, -0.15) is 0 Å². The van der Waals surface area contributed by atoms with E-state index >= 15 is 0 Å². The lowest BCUT2D eigenvalue weighted by molar-refractivity contribution is -0.139. The molecule has 8 nitrogen and oxygen atoms in total. The van der Waals surface area contributed by atoms with Crippen LogP contribution in [-0.4, -0.2) is 41.7 Å². The highest BCUT2D eigenvalue weighted by atomic mass is 35.5. The number of benzene rings is 2. The number of methoxy groups -OCH3 is 1. The molecule has 0 aliphatic carbocycles. The van der Waals surface area contributed by atoms with Crippen molar-refractivity contribution < 1.29 is 29.0 Å². The number of rotatable bonds is 6. The fraction of sp³-hybridized carbons (Fsp3) is 0.100. The first-order valence-corrected chi connectivity index (χ1v) is 9.28. The van der Waals surface area contributed by atoms with E-state index in [1.54, 1.807) is 30.3 Å². The van der Waals surface area contributed by atoms with Gasteiger partial charge in [0.25, 0.3) is 11.8 Å². The maximum absolute atomic E-state index is 13.0. The molecule has 0 atom stereocenters. The van der Waals surface area contributed by atoms with Gasteiger partial charge >= 0.3 is 5.97 Å². The van der Waals surface area contributed by atoms with E-state index in [2.05, 4.69) is 5.32 Å². The average Bonchev–Trinajstić information content (AvgIpc) is 2.70. The van der Waals surface area contributed by atoms with E-state index in [0.717, 1.165) is 0 Å². The summed E-state index contributed by atoms with van der Waals surface area (Å²) < 4.78 is 10.2. The van der Waals surface area contributed by atoms with Crippen molar-refractivity contribution in [1.29, 1.82) is 0 Å². The van der Waals surface area contributed by atoms with E-state index in [9.17, 15) is 14.4 Å². The van der Waals surface area contributed by atoms with E-state index in [0.29, 0.717) is 17.0 Å². The average molecular weight is 447 g/mol. The summed E-state index contributed by atoms with van der Waals surface area (Å²) in [7, 11) is 1.52. The maximum atomic E-state index is 13.0. The Bertz CT molecular complexity index is 1070. The van der Waals surface area contributed by atoms with Crippen molar-refractivity contribution in [3.63, 3.8) is 0 Å². The Balaban J connectivity index is 1.90. The van der Waals surface area contributed by atoms with Crippen LogP contribution >= 0.6 is 23.8 Å². The Labute approximate surface area is 181 Å². The first-order chi connectivity index (χ1) is 14.3. The zero-order chi connectivity index (χ0) is 21.8. The van der Waals surface area contributed by atoms with Gasteiger partial charge in [0, 0.05) is 0 Å². The van der Waals surface area contributed by atoms with Gasteiger partial charge in [-0.05, 0) is 60.3 Å². The third-order valence-electron chi connectivity index (χ3n) is 4.05. The number of carboxylic acid groups (broad SMARTS) is 1. The molecule has 3 rings (SSSR count).